The first-order chi connectivity index (χ1) is 14.1. The van der Waals surface area contributed by atoms with Crippen LogP contribution in [-0.2, 0) is 20.8 Å². The van der Waals surface area contributed by atoms with Crippen LogP contribution in [0.25, 0.3) is 0 Å². The molecule has 2 N–H and O–H groups in total. The molecular formula is C22H34N4O3. The van der Waals surface area contributed by atoms with E-state index in [4.69, 9.17) is 14.5 Å². The second-order valence-electron chi connectivity index (χ2n) is 7.92. The van der Waals surface area contributed by atoms with Gasteiger partial charge in [0.2, 0.25) is 5.91 Å². The van der Waals surface area contributed by atoms with E-state index in [1.54, 1.807) is 0 Å². The number of guanidine groups is 1. The molecule has 2 fully saturated rings. The quantitative estimate of drug-likeness (QED) is 0.565. The lowest BCUT2D eigenvalue weighted by atomic mass is 10.1. The Labute approximate surface area is 173 Å². The number of carbonyl (C=O) groups is 1. The summed E-state index contributed by atoms with van der Waals surface area (Å²) in [6.07, 6.45) is 2.51. The van der Waals surface area contributed by atoms with Crippen LogP contribution in [0.4, 0.5) is 5.69 Å². The van der Waals surface area contributed by atoms with Gasteiger partial charge in [-0.2, -0.15) is 0 Å². The number of morpholine rings is 1. The summed E-state index contributed by atoms with van der Waals surface area (Å²) in [5, 5.41) is 6.32. The van der Waals surface area contributed by atoms with Crippen molar-refractivity contribution in [2.24, 2.45) is 10.9 Å². The van der Waals surface area contributed by atoms with Gasteiger partial charge >= 0.3 is 0 Å². The van der Waals surface area contributed by atoms with Crippen LogP contribution in [0.15, 0.2) is 29.3 Å². The number of rotatable bonds is 6. The lowest BCUT2D eigenvalue weighted by Gasteiger charge is -2.37. The minimum absolute atomic E-state index is 0.0262. The largest absolute Gasteiger partial charge is 0.375 e. The van der Waals surface area contributed by atoms with Gasteiger partial charge in [0.1, 0.15) is 6.10 Å². The van der Waals surface area contributed by atoms with Gasteiger partial charge in [0, 0.05) is 37.8 Å². The molecule has 2 aliphatic heterocycles. The average Bonchev–Trinajstić information content (AvgIpc) is 3.27. The molecule has 7 heteroatoms. The Kier molecular flexibility index (Phi) is 7.89. The van der Waals surface area contributed by atoms with Crippen molar-refractivity contribution in [2.75, 3.05) is 38.2 Å². The van der Waals surface area contributed by atoms with E-state index in [2.05, 4.69) is 22.5 Å². The molecule has 0 aliphatic carbocycles. The van der Waals surface area contributed by atoms with Gasteiger partial charge in [0.15, 0.2) is 5.96 Å². The number of aliphatic imine (C=N–C) groups is 1. The molecule has 29 heavy (non-hydrogen) atoms. The molecule has 0 radical (unpaired) electrons. The highest BCUT2D eigenvalue weighted by molar-refractivity contribution is 5.92. The van der Waals surface area contributed by atoms with Crippen molar-refractivity contribution in [1.29, 1.82) is 0 Å². The molecule has 0 aromatic heterocycles. The number of hydrogen-bond acceptors (Lipinski definition) is 4. The molecule has 0 spiro atoms. The molecule has 0 bridgehead atoms. The second-order valence-corrected chi connectivity index (χ2v) is 7.92. The van der Waals surface area contributed by atoms with E-state index < -0.39 is 0 Å². The number of amides is 1. The van der Waals surface area contributed by atoms with Gasteiger partial charge in [0.05, 0.1) is 19.3 Å². The predicted molar refractivity (Wildman–Crippen MR) is 115 cm³/mol. The fraction of sp³-hybridized carbons (Fsp3) is 0.636. The van der Waals surface area contributed by atoms with Crippen LogP contribution in [0.5, 0.6) is 0 Å². The van der Waals surface area contributed by atoms with Crippen molar-refractivity contribution in [2.45, 2.75) is 52.4 Å². The molecule has 1 aromatic rings. The third-order valence-electron chi connectivity index (χ3n) is 5.26. The lowest BCUT2D eigenvalue weighted by molar-refractivity contribution is -0.118. The lowest BCUT2D eigenvalue weighted by Crippen LogP contribution is -2.53. The van der Waals surface area contributed by atoms with Gasteiger partial charge in [-0.15, -0.1) is 0 Å². The Bertz CT molecular complexity index is 684. The third kappa shape index (κ3) is 6.18. The maximum Gasteiger partial charge on any atom is 0.226 e. The van der Waals surface area contributed by atoms with E-state index in [1.165, 1.54) is 0 Å². The molecule has 1 aromatic carbocycles. The number of ether oxygens (including phenoxy) is 2. The number of carbonyl (C=O) groups excluding carboxylic acids is 1. The molecule has 3 rings (SSSR count). The second kappa shape index (κ2) is 10.6. The van der Waals surface area contributed by atoms with E-state index in [0.29, 0.717) is 13.2 Å². The summed E-state index contributed by atoms with van der Waals surface area (Å²) in [7, 11) is 0. The van der Waals surface area contributed by atoms with Gasteiger partial charge < -0.3 is 25.0 Å². The van der Waals surface area contributed by atoms with Crippen LogP contribution >= 0.6 is 0 Å². The van der Waals surface area contributed by atoms with Gasteiger partial charge in [-0.25, -0.2) is 4.99 Å². The summed E-state index contributed by atoms with van der Waals surface area (Å²) in [5.41, 5.74) is 1.92. The van der Waals surface area contributed by atoms with Crippen molar-refractivity contribution in [1.82, 2.24) is 10.2 Å². The Balaban J connectivity index is 1.60. The molecule has 2 saturated heterocycles. The molecule has 7 nitrogen and oxygen atoms in total. The number of hydrogen-bond donors (Lipinski definition) is 2. The molecule has 160 valence electrons. The number of benzene rings is 1. The summed E-state index contributed by atoms with van der Waals surface area (Å²) >= 11 is 0. The van der Waals surface area contributed by atoms with Crippen LogP contribution in [0.2, 0.25) is 0 Å². The minimum Gasteiger partial charge on any atom is -0.375 e. The van der Waals surface area contributed by atoms with Crippen LogP contribution in [0.1, 0.15) is 39.2 Å². The molecule has 2 heterocycles. The van der Waals surface area contributed by atoms with Crippen molar-refractivity contribution in [3.8, 4) is 0 Å². The van der Waals surface area contributed by atoms with Gasteiger partial charge in [-0.1, -0.05) is 26.0 Å². The summed E-state index contributed by atoms with van der Waals surface area (Å²) in [6.45, 7) is 10.4. The minimum atomic E-state index is -0.0334. The Hall–Kier alpha value is -2.12. The Morgan fingerprint density at radius 3 is 2.62 bits per heavy atom. The Morgan fingerprint density at radius 1 is 1.21 bits per heavy atom. The first kappa shape index (κ1) is 21.6. The smallest absolute Gasteiger partial charge is 0.226 e. The van der Waals surface area contributed by atoms with Crippen molar-refractivity contribution in [3.63, 3.8) is 0 Å². The topological polar surface area (TPSA) is 75.2 Å². The monoisotopic (exact) mass is 402 g/mol. The number of anilines is 1. The fourth-order valence-corrected chi connectivity index (χ4v) is 3.56. The van der Waals surface area contributed by atoms with Crippen LogP contribution in [0.3, 0.4) is 0 Å². The summed E-state index contributed by atoms with van der Waals surface area (Å²) < 4.78 is 11.8. The van der Waals surface area contributed by atoms with Gasteiger partial charge in [-0.05, 0) is 37.5 Å². The van der Waals surface area contributed by atoms with E-state index >= 15 is 0 Å². The molecule has 2 aliphatic rings. The van der Waals surface area contributed by atoms with Crippen molar-refractivity contribution < 1.29 is 14.3 Å². The number of nitrogens with zero attached hydrogens (tertiary/aromatic N) is 2. The highest BCUT2D eigenvalue weighted by Gasteiger charge is 2.32. The zero-order valence-electron chi connectivity index (χ0n) is 17.8. The normalized spacial score (nSPS) is 22.8. The molecule has 1 amide bonds. The predicted octanol–water partition coefficient (Wildman–Crippen LogP) is 2.63. The third-order valence-corrected chi connectivity index (χ3v) is 5.26. The summed E-state index contributed by atoms with van der Waals surface area (Å²) in [6, 6.07) is 7.88. The zero-order valence-corrected chi connectivity index (χ0v) is 17.8. The van der Waals surface area contributed by atoms with Crippen molar-refractivity contribution in [3.05, 3.63) is 29.8 Å². The highest BCUT2D eigenvalue weighted by atomic mass is 16.5. The standard InChI is InChI=1S/C22H34N4O3/c1-4-23-22(26-11-13-29-20(15-26)19-6-5-12-28-19)24-14-17-7-9-18(10-8-17)25-21(27)16(2)3/h7-10,16,19-20H,4-6,11-15H2,1-3H3,(H,23,24)(H,25,27). The van der Waals surface area contributed by atoms with Crippen LogP contribution < -0.4 is 10.6 Å². The molecule has 2 atom stereocenters. The van der Waals surface area contributed by atoms with E-state index in [1.807, 2.05) is 38.1 Å². The SMILES string of the molecule is CCNC(=NCc1ccc(NC(=O)C(C)C)cc1)N1CCOC(C2CCCO2)C1. The van der Waals surface area contributed by atoms with Crippen molar-refractivity contribution >= 4 is 17.6 Å². The zero-order chi connectivity index (χ0) is 20.6. The first-order valence-electron chi connectivity index (χ1n) is 10.7. The highest BCUT2D eigenvalue weighted by Crippen LogP contribution is 2.21. The van der Waals surface area contributed by atoms with E-state index in [0.717, 1.165) is 56.3 Å². The van der Waals surface area contributed by atoms with Crippen LogP contribution in [0, 0.1) is 5.92 Å². The van der Waals surface area contributed by atoms with E-state index in [9.17, 15) is 4.79 Å². The summed E-state index contributed by atoms with van der Waals surface area (Å²) in [5.74, 6) is 0.906. The molecular weight excluding hydrogens is 368 g/mol. The Morgan fingerprint density at radius 2 is 1.97 bits per heavy atom. The first-order valence-corrected chi connectivity index (χ1v) is 10.7. The average molecular weight is 403 g/mol. The van der Waals surface area contributed by atoms with Gasteiger partial charge in [-0.3, -0.25) is 4.79 Å². The van der Waals surface area contributed by atoms with E-state index in [-0.39, 0.29) is 24.0 Å². The van der Waals surface area contributed by atoms with Gasteiger partial charge in [0.25, 0.3) is 0 Å². The molecule has 2 unspecified atom stereocenters. The van der Waals surface area contributed by atoms with Crippen LogP contribution in [-0.4, -0.2) is 61.8 Å². The number of nitrogens with one attached hydrogen (secondary N) is 2. The summed E-state index contributed by atoms with van der Waals surface area (Å²) in [4.78, 5) is 18.9. The maximum absolute atomic E-state index is 11.8. The fourth-order valence-electron chi connectivity index (χ4n) is 3.56. The molecule has 0 saturated carbocycles. The maximum atomic E-state index is 11.8.